The van der Waals surface area contributed by atoms with E-state index in [0.29, 0.717) is 13.2 Å². The fraction of sp³-hybridized carbons (Fsp3) is 0.818. The second kappa shape index (κ2) is 7.81. The highest BCUT2D eigenvalue weighted by Crippen LogP contribution is 2.02. The molecule has 3 heteroatoms. The van der Waals surface area contributed by atoms with Gasteiger partial charge in [-0.3, -0.25) is 0 Å². The summed E-state index contributed by atoms with van der Waals surface area (Å²) in [6.45, 7) is 5.12. The standard InChI is InChI=1S/C11H20O3/c1-4-6-7-8-13-9-10-14-11(3,12)5-2/h2,12H,4,6-10H2,1,3H3. The summed E-state index contributed by atoms with van der Waals surface area (Å²) in [6, 6.07) is 0. The molecular weight excluding hydrogens is 180 g/mol. The van der Waals surface area contributed by atoms with Crippen molar-refractivity contribution in [3.63, 3.8) is 0 Å². The molecule has 0 spiro atoms. The topological polar surface area (TPSA) is 38.7 Å². The molecule has 0 heterocycles. The number of ether oxygens (including phenoxy) is 2. The van der Waals surface area contributed by atoms with E-state index in [2.05, 4.69) is 12.8 Å². The Morgan fingerprint density at radius 1 is 1.29 bits per heavy atom. The summed E-state index contributed by atoms with van der Waals surface area (Å²) in [5, 5.41) is 9.25. The Morgan fingerprint density at radius 3 is 2.57 bits per heavy atom. The number of rotatable bonds is 8. The maximum atomic E-state index is 9.25. The van der Waals surface area contributed by atoms with Crippen molar-refractivity contribution < 1.29 is 14.6 Å². The first-order chi connectivity index (χ1) is 6.62. The number of aliphatic hydroxyl groups is 1. The Kier molecular flexibility index (Phi) is 7.50. The third kappa shape index (κ3) is 8.06. The summed E-state index contributed by atoms with van der Waals surface area (Å²) in [7, 11) is 0. The molecule has 0 saturated carbocycles. The maximum absolute atomic E-state index is 9.25. The van der Waals surface area contributed by atoms with E-state index >= 15 is 0 Å². The molecule has 0 aromatic heterocycles. The van der Waals surface area contributed by atoms with Crippen LogP contribution in [0.3, 0.4) is 0 Å². The molecule has 82 valence electrons. The molecule has 3 nitrogen and oxygen atoms in total. The molecule has 0 aliphatic rings. The first kappa shape index (κ1) is 13.4. The number of terminal acetylenes is 1. The van der Waals surface area contributed by atoms with Crippen LogP contribution >= 0.6 is 0 Å². The molecular formula is C11H20O3. The Hall–Kier alpha value is -0.560. The van der Waals surface area contributed by atoms with E-state index in [1.54, 1.807) is 0 Å². The first-order valence-corrected chi connectivity index (χ1v) is 5.04. The second-order valence-electron chi connectivity index (χ2n) is 3.30. The molecule has 14 heavy (non-hydrogen) atoms. The van der Waals surface area contributed by atoms with E-state index in [9.17, 15) is 5.11 Å². The van der Waals surface area contributed by atoms with Gasteiger partial charge in [0.2, 0.25) is 5.79 Å². The highest BCUT2D eigenvalue weighted by Gasteiger charge is 2.15. The predicted octanol–water partition coefficient (Wildman–Crippen LogP) is 1.55. The lowest BCUT2D eigenvalue weighted by atomic mass is 10.3. The van der Waals surface area contributed by atoms with Gasteiger partial charge in [-0.05, 0) is 12.3 Å². The highest BCUT2D eigenvalue weighted by atomic mass is 16.6. The van der Waals surface area contributed by atoms with Crippen LogP contribution in [0.25, 0.3) is 0 Å². The van der Waals surface area contributed by atoms with E-state index in [1.807, 2.05) is 0 Å². The van der Waals surface area contributed by atoms with E-state index < -0.39 is 5.79 Å². The van der Waals surface area contributed by atoms with Crippen molar-refractivity contribution >= 4 is 0 Å². The molecule has 1 atom stereocenters. The van der Waals surface area contributed by atoms with Crippen molar-refractivity contribution in [2.75, 3.05) is 19.8 Å². The lowest BCUT2D eigenvalue weighted by Crippen LogP contribution is -2.27. The van der Waals surface area contributed by atoms with Gasteiger partial charge in [0, 0.05) is 13.5 Å². The molecule has 0 rings (SSSR count). The van der Waals surface area contributed by atoms with Crippen LogP contribution in [0.1, 0.15) is 33.1 Å². The van der Waals surface area contributed by atoms with Gasteiger partial charge in [-0.15, -0.1) is 6.42 Å². The Balaban J connectivity index is 3.18. The van der Waals surface area contributed by atoms with Gasteiger partial charge < -0.3 is 14.6 Å². The molecule has 0 aliphatic heterocycles. The predicted molar refractivity (Wildman–Crippen MR) is 55.8 cm³/mol. The van der Waals surface area contributed by atoms with Gasteiger partial charge in [0.25, 0.3) is 0 Å². The molecule has 0 amide bonds. The normalized spacial score (nSPS) is 14.7. The van der Waals surface area contributed by atoms with Gasteiger partial charge in [0.1, 0.15) is 0 Å². The van der Waals surface area contributed by atoms with Crippen molar-refractivity contribution in [2.45, 2.75) is 38.9 Å². The monoisotopic (exact) mass is 200 g/mol. The van der Waals surface area contributed by atoms with Crippen molar-refractivity contribution in [2.24, 2.45) is 0 Å². The van der Waals surface area contributed by atoms with Crippen LogP contribution in [0.15, 0.2) is 0 Å². The van der Waals surface area contributed by atoms with Gasteiger partial charge in [0.15, 0.2) is 0 Å². The van der Waals surface area contributed by atoms with Gasteiger partial charge in [-0.1, -0.05) is 19.8 Å². The highest BCUT2D eigenvalue weighted by molar-refractivity contribution is 4.97. The maximum Gasteiger partial charge on any atom is 0.227 e. The zero-order chi connectivity index (χ0) is 10.9. The van der Waals surface area contributed by atoms with Crippen LogP contribution in [0.2, 0.25) is 0 Å². The van der Waals surface area contributed by atoms with Crippen molar-refractivity contribution in [3.8, 4) is 12.3 Å². The van der Waals surface area contributed by atoms with E-state index in [1.165, 1.54) is 19.8 Å². The summed E-state index contributed by atoms with van der Waals surface area (Å²) in [5.41, 5.74) is 0. The van der Waals surface area contributed by atoms with Crippen LogP contribution in [0.4, 0.5) is 0 Å². The van der Waals surface area contributed by atoms with E-state index in [0.717, 1.165) is 13.0 Å². The van der Waals surface area contributed by atoms with Gasteiger partial charge in [-0.25, -0.2) is 0 Å². The minimum Gasteiger partial charge on any atom is -0.379 e. The molecule has 0 aliphatic carbocycles. The van der Waals surface area contributed by atoms with Gasteiger partial charge in [-0.2, -0.15) is 0 Å². The van der Waals surface area contributed by atoms with Crippen LogP contribution in [0.5, 0.6) is 0 Å². The summed E-state index contributed by atoms with van der Waals surface area (Å²) in [4.78, 5) is 0. The Labute approximate surface area is 86.4 Å². The minimum atomic E-state index is -1.47. The third-order valence-electron chi connectivity index (χ3n) is 1.77. The Morgan fingerprint density at radius 2 is 2.00 bits per heavy atom. The molecule has 0 aromatic carbocycles. The largest absolute Gasteiger partial charge is 0.379 e. The fourth-order valence-corrected chi connectivity index (χ4v) is 0.897. The Bertz CT molecular complexity index is 170. The average Bonchev–Trinajstić information content (AvgIpc) is 2.16. The summed E-state index contributed by atoms with van der Waals surface area (Å²) < 4.78 is 10.3. The minimum absolute atomic E-state index is 0.323. The molecule has 0 saturated heterocycles. The van der Waals surface area contributed by atoms with Crippen molar-refractivity contribution in [1.82, 2.24) is 0 Å². The number of unbranched alkanes of at least 4 members (excludes halogenated alkanes) is 2. The molecule has 0 radical (unpaired) electrons. The average molecular weight is 200 g/mol. The van der Waals surface area contributed by atoms with Gasteiger partial charge >= 0.3 is 0 Å². The van der Waals surface area contributed by atoms with Crippen molar-refractivity contribution in [3.05, 3.63) is 0 Å². The van der Waals surface area contributed by atoms with Crippen LogP contribution < -0.4 is 0 Å². The fourth-order valence-electron chi connectivity index (χ4n) is 0.897. The zero-order valence-corrected chi connectivity index (χ0v) is 9.08. The van der Waals surface area contributed by atoms with Crippen LogP contribution in [0, 0.1) is 12.3 Å². The summed E-state index contributed by atoms with van der Waals surface area (Å²) in [6.07, 6.45) is 8.46. The zero-order valence-electron chi connectivity index (χ0n) is 9.08. The first-order valence-electron chi connectivity index (χ1n) is 5.04. The lowest BCUT2D eigenvalue weighted by molar-refractivity contribution is -0.154. The SMILES string of the molecule is C#CC(C)(O)OCCOCCCCC. The molecule has 0 aromatic rings. The smallest absolute Gasteiger partial charge is 0.227 e. The van der Waals surface area contributed by atoms with Crippen molar-refractivity contribution in [1.29, 1.82) is 0 Å². The third-order valence-corrected chi connectivity index (χ3v) is 1.77. The van der Waals surface area contributed by atoms with Crippen LogP contribution in [-0.4, -0.2) is 30.7 Å². The van der Waals surface area contributed by atoms with Crippen LogP contribution in [-0.2, 0) is 9.47 Å². The second-order valence-corrected chi connectivity index (χ2v) is 3.30. The molecule has 1 unspecified atom stereocenters. The molecule has 0 fully saturated rings. The quantitative estimate of drug-likeness (QED) is 0.367. The number of hydrogen-bond donors (Lipinski definition) is 1. The summed E-state index contributed by atoms with van der Waals surface area (Å²) >= 11 is 0. The van der Waals surface area contributed by atoms with E-state index in [4.69, 9.17) is 15.9 Å². The molecule has 1 N–H and O–H groups in total. The van der Waals surface area contributed by atoms with Gasteiger partial charge in [0.05, 0.1) is 13.2 Å². The molecule has 0 bridgehead atoms. The summed E-state index contributed by atoms with van der Waals surface area (Å²) in [5.74, 6) is 0.665. The lowest BCUT2D eigenvalue weighted by Gasteiger charge is -2.16. The number of hydrogen-bond acceptors (Lipinski definition) is 3. The van der Waals surface area contributed by atoms with E-state index in [-0.39, 0.29) is 0 Å².